The summed E-state index contributed by atoms with van der Waals surface area (Å²) >= 11 is 0. The number of nitrogens with one attached hydrogen (secondary N) is 2. The van der Waals surface area contributed by atoms with Crippen molar-refractivity contribution < 1.29 is 14.3 Å². The Morgan fingerprint density at radius 2 is 1.42 bits per heavy atom. The Morgan fingerprint density at radius 1 is 0.885 bits per heavy atom. The standard InChI is InChI=1S/C20H23N3O3/c1-14-12-23(13-15(2)26-14)19(24)16-8-10-18(11-9-16)22-20(25)21-17-6-4-3-5-7-17/h3-11,14-15H,12-13H2,1-2H3,(H2,21,22,25). The lowest BCUT2D eigenvalue weighted by atomic mass is 10.1. The molecule has 0 bridgehead atoms. The lowest BCUT2D eigenvalue weighted by Crippen LogP contribution is -2.48. The molecule has 26 heavy (non-hydrogen) atoms. The summed E-state index contributed by atoms with van der Waals surface area (Å²) in [5.41, 5.74) is 1.94. The van der Waals surface area contributed by atoms with E-state index in [4.69, 9.17) is 4.74 Å². The second-order valence-electron chi connectivity index (χ2n) is 6.49. The highest BCUT2D eigenvalue weighted by atomic mass is 16.5. The number of morpholine rings is 1. The molecule has 0 aliphatic carbocycles. The molecule has 6 heteroatoms. The Bertz CT molecular complexity index is 752. The van der Waals surface area contributed by atoms with Gasteiger partial charge in [-0.15, -0.1) is 0 Å². The second-order valence-corrected chi connectivity index (χ2v) is 6.49. The molecular weight excluding hydrogens is 330 g/mol. The van der Waals surface area contributed by atoms with E-state index in [1.807, 2.05) is 49.1 Å². The largest absolute Gasteiger partial charge is 0.372 e. The molecule has 2 unspecified atom stereocenters. The third-order valence-corrected chi connectivity index (χ3v) is 4.13. The van der Waals surface area contributed by atoms with Crippen molar-refractivity contribution in [1.82, 2.24) is 4.90 Å². The highest BCUT2D eigenvalue weighted by Gasteiger charge is 2.26. The first-order valence-electron chi connectivity index (χ1n) is 8.69. The number of para-hydroxylation sites is 1. The molecule has 1 aliphatic heterocycles. The van der Waals surface area contributed by atoms with Gasteiger partial charge in [0.15, 0.2) is 0 Å². The fraction of sp³-hybridized carbons (Fsp3) is 0.300. The normalized spacial score (nSPS) is 19.7. The van der Waals surface area contributed by atoms with Crippen LogP contribution >= 0.6 is 0 Å². The van der Waals surface area contributed by atoms with Crippen molar-refractivity contribution in [3.8, 4) is 0 Å². The Hall–Kier alpha value is -2.86. The fourth-order valence-electron chi connectivity index (χ4n) is 3.04. The van der Waals surface area contributed by atoms with E-state index in [-0.39, 0.29) is 24.1 Å². The van der Waals surface area contributed by atoms with E-state index in [1.54, 1.807) is 24.3 Å². The van der Waals surface area contributed by atoms with E-state index in [0.717, 1.165) is 0 Å². The first-order chi connectivity index (χ1) is 12.5. The van der Waals surface area contributed by atoms with Crippen LogP contribution in [-0.2, 0) is 4.74 Å². The first-order valence-corrected chi connectivity index (χ1v) is 8.69. The molecule has 6 nitrogen and oxygen atoms in total. The molecule has 1 saturated heterocycles. The summed E-state index contributed by atoms with van der Waals surface area (Å²) in [5.74, 6) is -0.0210. The van der Waals surface area contributed by atoms with E-state index < -0.39 is 0 Å². The maximum absolute atomic E-state index is 12.6. The van der Waals surface area contributed by atoms with Crippen molar-refractivity contribution in [2.75, 3.05) is 23.7 Å². The van der Waals surface area contributed by atoms with Crippen LogP contribution in [0.15, 0.2) is 54.6 Å². The number of benzene rings is 2. The maximum Gasteiger partial charge on any atom is 0.323 e. The lowest BCUT2D eigenvalue weighted by Gasteiger charge is -2.35. The van der Waals surface area contributed by atoms with Crippen molar-refractivity contribution in [2.24, 2.45) is 0 Å². The molecule has 3 rings (SSSR count). The molecule has 2 N–H and O–H groups in total. The average molecular weight is 353 g/mol. The Kier molecular flexibility index (Phi) is 5.53. The van der Waals surface area contributed by atoms with Crippen molar-refractivity contribution in [2.45, 2.75) is 26.1 Å². The zero-order valence-corrected chi connectivity index (χ0v) is 14.9. The van der Waals surface area contributed by atoms with Crippen LogP contribution in [0.5, 0.6) is 0 Å². The van der Waals surface area contributed by atoms with Crippen LogP contribution in [0, 0.1) is 0 Å². The molecule has 1 fully saturated rings. The summed E-state index contributed by atoms with van der Waals surface area (Å²) in [6.07, 6.45) is 0.0654. The summed E-state index contributed by atoms with van der Waals surface area (Å²) in [6.45, 7) is 5.11. The Morgan fingerprint density at radius 3 is 2.00 bits per heavy atom. The number of carbonyl (C=O) groups excluding carboxylic acids is 2. The highest BCUT2D eigenvalue weighted by Crippen LogP contribution is 2.16. The molecule has 0 saturated carbocycles. The van der Waals surface area contributed by atoms with Crippen LogP contribution in [0.3, 0.4) is 0 Å². The number of nitrogens with zero attached hydrogens (tertiary/aromatic N) is 1. The number of hydrogen-bond donors (Lipinski definition) is 2. The molecule has 0 radical (unpaired) electrons. The molecule has 3 amide bonds. The summed E-state index contributed by atoms with van der Waals surface area (Å²) in [6, 6.07) is 15.8. The van der Waals surface area contributed by atoms with E-state index >= 15 is 0 Å². The van der Waals surface area contributed by atoms with Gasteiger partial charge in [0.05, 0.1) is 12.2 Å². The van der Waals surface area contributed by atoms with E-state index in [0.29, 0.717) is 30.0 Å². The molecule has 136 valence electrons. The van der Waals surface area contributed by atoms with Crippen LogP contribution in [0.2, 0.25) is 0 Å². The van der Waals surface area contributed by atoms with E-state index in [2.05, 4.69) is 10.6 Å². The number of carbonyl (C=O) groups is 2. The minimum Gasteiger partial charge on any atom is -0.372 e. The smallest absolute Gasteiger partial charge is 0.323 e. The predicted octanol–water partition coefficient (Wildman–Crippen LogP) is 3.58. The van der Waals surface area contributed by atoms with Crippen LogP contribution in [0.4, 0.5) is 16.2 Å². The van der Waals surface area contributed by atoms with E-state index in [1.165, 1.54) is 0 Å². The van der Waals surface area contributed by atoms with Gasteiger partial charge in [-0.3, -0.25) is 4.79 Å². The molecule has 1 heterocycles. The van der Waals surface area contributed by atoms with Gasteiger partial charge in [0, 0.05) is 30.0 Å². The second kappa shape index (κ2) is 8.01. The minimum atomic E-state index is -0.328. The van der Waals surface area contributed by atoms with Gasteiger partial charge in [0.25, 0.3) is 5.91 Å². The van der Waals surface area contributed by atoms with Crippen molar-refractivity contribution >= 4 is 23.3 Å². The number of amides is 3. The first kappa shape index (κ1) is 17.9. The highest BCUT2D eigenvalue weighted by molar-refractivity contribution is 6.00. The summed E-state index contributed by atoms with van der Waals surface area (Å²) in [5, 5.41) is 5.51. The lowest BCUT2D eigenvalue weighted by molar-refractivity contribution is -0.0586. The average Bonchev–Trinajstić information content (AvgIpc) is 2.61. The molecule has 1 aliphatic rings. The fourth-order valence-corrected chi connectivity index (χ4v) is 3.04. The predicted molar refractivity (Wildman–Crippen MR) is 101 cm³/mol. The van der Waals surface area contributed by atoms with Gasteiger partial charge in [-0.25, -0.2) is 4.79 Å². The van der Waals surface area contributed by atoms with Crippen molar-refractivity contribution in [3.63, 3.8) is 0 Å². The number of urea groups is 1. The monoisotopic (exact) mass is 353 g/mol. The Balaban J connectivity index is 1.59. The SMILES string of the molecule is CC1CN(C(=O)c2ccc(NC(=O)Nc3ccccc3)cc2)CC(C)O1. The van der Waals surface area contributed by atoms with Gasteiger partial charge >= 0.3 is 6.03 Å². The van der Waals surface area contributed by atoms with Gasteiger partial charge in [0.2, 0.25) is 0 Å². The van der Waals surface area contributed by atoms with Crippen molar-refractivity contribution in [1.29, 1.82) is 0 Å². The third-order valence-electron chi connectivity index (χ3n) is 4.13. The van der Waals surface area contributed by atoms with Gasteiger partial charge in [-0.05, 0) is 50.2 Å². The maximum atomic E-state index is 12.6. The number of hydrogen-bond acceptors (Lipinski definition) is 3. The molecule has 0 aromatic heterocycles. The van der Waals surface area contributed by atoms with E-state index in [9.17, 15) is 9.59 Å². The number of ether oxygens (including phenoxy) is 1. The summed E-state index contributed by atoms with van der Waals surface area (Å²) < 4.78 is 5.67. The Labute approximate surface area is 153 Å². The van der Waals surface area contributed by atoms with Gasteiger partial charge in [-0.1, -0.05) is 18.2 Å². The minimum absolute atomic E-state index is 0.0210. The van der Waals surface area contributed by atoms with Crippen molar-refractivity contribution in [3.05, 3.63) is 60.2 Å². The van der Waals surface area contributed by atoms with Crippen LogP contribution < -0.4 is 10.6 Å². The molecule has 2 atom stereocenters. The third kappa shape index (κ3) is 4.61. The van der Waals surface area contributed by atoms with Gasteiger partial charge in [0.1, 0.15) is 0 Å². The van der Waals surface area contributed by atoms with Crippen LogP contribution in [0.25, 0.3) is 0 Å². The molecule has 2 aromatic rings. The molecule has 2 aromatic carbocycles. The zero-order valence-electron chi connectivity index (χ0n) is 14.9. The quantitative estimate of drug-likeness (QED) is 0.886. The van der Waals surface area contributed by atoms with Crippen LogP contribution in [0.1, 0.15) is 24.2 Å². The number of anilines is 2. The van der Waals surface area contributed by atoms with Gasteiger partial charge < -0.3 is 20.3 Å². The van der Waals surface area contributed by atoms with Gasteiger partial charge in [-0.2, -0.15) is 0 Å². The summed E-state index contributed by atoms with van der Waals surface area (Å²) in [4.78, 5) is 26.5. The zero-order chi connectivity index (χ0) is 18.5. The molecular formula is C20H23N3O3. The topological polar surface area (TPSA) is 70.7 Å². The summed E-state index contributed by atoms with van der Waals surface area (Å²) in [7, 11) is 0. The number of rotatable bonds is 3. The van der Waals surface area contributed by atoms with Crippen LogP contribution in [-0.4, -0.2) is 42.1 Å². The molecule has 0 spiro atoms.